The van der Waals surface area contributed by atoms with Gasteiger partial charge in [0, 0.05) is 25.1 Å². The van der Waals surface area contributed by atoms with Crippen molar-refractivity contribution in [3.63, 3.8) is 0 Å². The van der Waals surface area contributed by atoms with Crippen molar-refractivity contribution in [2.45, 2.75) is 46.2 Å². The summed E-state index contributed by atoms with van der Waals surface area (Å²) < 4.78 is 4.83. The number of imidazole rings is 1. The van der Waals surface area contributed by atoms with Gasteiger partial charge in [0.2, 0.25) is 0 Å². The number of nitrogens with zero attached hydrogens (tertiary/aromatic N) is 7. The molecule has 0 amide bonds. The lowest BCUT2D eigenvalue weighted by Gasteiger charge is -2.13. The fourth-order valence-corrected chi connectivity index (χ4v) is 5.26. The predicted molar refractivity (Wildman–Crippen MR) is 158 cm³/mol. The summed E-state index contributed by atoms with van der Waals surface area (Å²) >= 11 is 0. The monoisotopic (exact) mass is 546 g/mol. The highest BCUT2D eigenvalue weighted by molar-refractivity contribution is 5.80. The Balaban J connectivity index is 1.46. The van der Waals surface area contributed by atoms with E-state index in [0.717, 1.165) is 40.9 Å². The smallest absolute Gasteiger partial charge is 0.318 e. The van der Waals surface area contributed by atoms with Crippen LogP contribution in [-0.4, -0.2) is 39.3 Å². The molecule has 0 fully saturated rings. The van der Waals surface area contributed by atoms with Crippen LogP contribution in [0.5, 0.6) is 0 Å². The molecule has 0 aliphatic rings. The van der Waals surface area contributed by atoms with Crippen molar-refractivity contribution in [1.29, 1.82) is 0 Å². The lowest BCUT2D eigenvalue weighted by atomic mass is 9.98. The molecular weight excluding hydrogens is 516 g/mol. The van der Waals surface area contributed by atoms with Crippen molar-refractivity contribution >= 4 is 11.2 Å². The lowest BCUT2D eigenvalue weighted by molar-refractivity contribution is 0.682. The summed E-state index contributed by atoms with van der Waals surface area (Å²) in [5.74, 6) is 1.41. The van der Waals surface area contributed by atoms with Gasteiger partial charge in [0.15, 0.2) is 17.0 Å². The number of rotatable bonds is 9. The molecule has 0 unspecified atom stereocenters. The Kier molecular flexibility index (Phi) is 7.11. The summed E-state index contributed by atoms with van der Waals surface area (Å²) in [5, 5.41) is 14.4. The first kappa shape index (κ1) is 26.1. The third-order valence-electron chi connectivity index (χ3n) is 7.33. The van der Waals surface area contributed by atoms with Gasteiger partial charge in [-0.25, -0.2) is 19.4 Å². The van der Waals surface area contributed by atoms with Crippen LogP contribution in [0.3, 0.4) is 0 Å². The number of unbranched alkanes of at least 4 members (excludes halogenated alkanes) is 1. The Morgan fingerprint density at radius 2 is 1.56 bits per heavy atom. The number of para-hydroxylation sites is 1. The zero-order chi connectivity index (χ0) is 28.3. The summed E-state index contributed by atoms with van der Waals surface area (Å²) in [6, 6.07) is 25.3. The predicted octanol–water partition coefficient (Wildman–Crippen LogP) is 4.61. The molecule has 206 valence electrons. The maximum atomic E-state index is 14.0. The number of aromatic nitrogens is 8. The summed E-state index contributed by atoms with van der Waals surface area (Å²) in [6.45, 7) is 4.89. The fraction of sp³-hybridized carbons (Fsp3) is 0.226. The van der Waals surface area contributed by atoms with Gasteiger partial charge in [-0.3, -0.25) is 9.36 Å². The van der Waals surface area contributed by atoms with Crippen LogP contribution in [0.15, 0.2) is 88.5 Å². The van der Waals surface area contributed by atoms with Crippen molar-refractivity contribution in [3.05, 3.63) is 111 Å². The van der Waals surface area contributed by atoms with Crippen molar-refractivity contribution in [2.75, 3.05) is 0 Å². The van der Waals surface area contributed by atoms with E-state index in [-0.39, 0.29) is 11.2 Å². The Bertz CT molecular complexity index is 1920. The number of aryl methyl sites for hydroxylation is 2. The summed E-state index contributed by atoms with van der Waals surface area (Å²) in [4.78, 5) is 32.3. The van der Waals surface area contributed by atoms with Crippen LogP contribution in [0.4, 0.5) is 0 Å². The number of H-pyrrole nitrogens is 1. The Morgan fingerprint density at radius 1 is 0.829 bits per heavy atom. The van der Waals surface area contributed by atoms with Crippen molar-refractivity contribution in [2.24, 2.45) is 0 Å². The van der Waals surface area contributed by atoms with Crippen LogP contribution in [-0.2, 0) is 19.5 Å². The van der Waals surface area contributed by atoms with Gasteiger partial charge in [-0.15, -0.1) is 5.10 Å². The number of aromatic amines is 1. The molecule has 0 aliphatic heterocycles. The average Bonchev–Trinajstić information content (AvgIpc) is 3.66. The molecule has 10 heteroatoms. The molecule has 6 rings (SSSR count). The molecule has 0 saturated heterocycles. The quantitative estimate of drug-likeness (QED) is 0.283. The van der Waals surface area contributed by atoms with E-state index in [9.17, 15) is 9.59 Å². The highest BCUT2D eigenvalue weighted by Gasteiger charge is 2.22. The molecule has 0 saturated carbocycles. The Hall–Kier alpha value is -5.12. The van der Waals surface area contributed by atoms with E-state index in [0.29, 0.717) is 42.2 Å². The molecule has 3 heterocycles. The minimum atomic E-state index is -0.382. The topological polar surface area (TPSA) is 116 Å². The highest BCUT2D eigenvalue weighted by atomic mass is 16.2. The summed E-state index contributed by atoms with van der Waals surface area (Å²) in [5.41, 5.74) is 4.63. The van der Waals surface area contributed by atoms with E-state index in [1.54, 1.807) is 16.7 Å². The molecule has 0 spiro atoms. The Labute approximate surface area is 235 Å². The fourth-order valence-electron chi connectivity index (χ4n) is 5.26. The number of benzene rings is 3. The summed E-state index contributed by atoms with van der Waals surface area (Å²) in [7, 11) is 0. The average molecular weight is 547 g/mol. The summed E-state index contributed by atoms with van der Waals surface area (Å²) in [6.07, 6.45) is 2.64. The molecule has 3 aromatic heterocycles. The molecule has 6 aromatic rings. The van der Waals surface area contributed by atoms with Crippen LogP contribution >= 0.6 is 0 Å². The number of hydrogen-bond acceptors (Lipinski definition) is 6. The maximum Gasteiger partial charge on any atom is 0.337 e. The first-order valence-corrected chi connectivity index (χ1v) is 13.8. The molecule has 0 radical (unpaired) electrons. The van der Waals surface area contributed by atoms with Crippen molar-refractivity contribution in [1.82, 2.24) is 39.3 Å². The minimum Gasteiger partial charge on any atom is -0.318 e. The molecule has 1 N–H and O–H groups in total. The molecule has 3 aromatic carbocycles. The molecule has 0 aliphatic carbocycles. The zero-order valence-electron chi connectivity index (χ0n) is 23.0. The van der Waals surface area contributed by atoms with Crippen LogP contribution in [0.2, 0.25) is 0 Å². The second kappa shape index (κ2) is 11.2. The normalized spacial score (nSPS) is 11.4. The first-order valence-electron chi connectivity index (χ1n) is 13.8. The second-order valence-corrected chi connectivity index (χ2v) is 9.89. The largest absolute Gasteiger partial charge is 0.337 e. The lowest BCUT2D eigenvalue weighted by Crippen LogP contribution is -2.39. The van der Waals surface area contributed by atoms with Crippen molar-refractivity contribution < 1.29 is 0 Å². The number of nitrogens with one attached hydrogen (secondary N) is 1. The molecule has 0 bridgehead atoms. The van der Waals surface area contributed by atoms with Gasteiger partial charge in [0.25, 0.3) is 5.56 Å². The van der Waals surface area contributed by atoms with E-state index in [2.05, 4.69) is 51.8 Å². The number of tetrazole rings is 1. The van der Waals surface area contributed by atoms with E-state index in [1.165, 1.54) is 4.57 Å². The molecule has 41 heavy (non-hydrogen) atoms. The minimum absolute atomic E-state index is 0.359. The third kappa shape index (κ3) is 4.77. The highest BCUT2D eigenvalue weighted by Crippen LogP contribution is 2.30. The van der Waals surface area contributed by atoms with Gasteiger partial charge in [0.05, 0.1) is 5.69 Å². The zero-order valence-corrected chi connectivity index (χ0v) is 23.0. The van der Waals surface area contributed by atoms with Gasteiger partial charge in [-0.2, -0.15) is 0 Å². The van der Waals surface area contributed by atoms with Gasteiger partial charge in [0.1, 0.15) is 5.82 Å². The van der Waals surface area contributed by atoms with E-state index in [1.807, 2.05) is 54.0 Å². The van der Waals surface area contributed by atoms with Crippen LogP contribution < -0.4 is 11.2 Å². The Morgan fingerprint density at radius 3 is 2.24 bits per heavy atom. The van der Waals surface area contributed by atoms with E-state index in [4.69, 9.17) is 4.98 Å². The van der Waals surface area contributed by atoms with E-state index >= 15 is 0 Å². The molecule has 0 atom stereocenters. The maximum absolute atomic E-state index is 14.0. The standard InChI is InChI=1S/C31H30N8O2/c1-3-5-15-26-32-29-27(30(40)39(31(41)37(29)4-2)23-11-7-6-8-12-23)38(26)20-21-16-18-22(19-17-21)24-13-9-10-14-25(24)28-33-35-36-34-28/h6-14,16-19H,3-5,15,20H2,1-2H3,(H,33,34,35,36). The van der Waals surface area contributed by atoms with Crippen LogP contribution in [0.1, 0.15) is 38.1 Å². The van der Waals surface area contributed by atoms with Gasteiger partial charge >= 0.3 is 5.69 Å². The van der Waals surface area contributed by atoms with Gasteiger partial charge in [-0.05, 0) is 52.6 Å². The van der Waals surface area contributed by atoms with E-state index < -0.39 is 0 Å². The van der Waals surface area contributed by atoms with Crippen LogP contribution in [0, 0.1) is 0 Å². The number of fused-ring (bicyclic) bond motifs is 1. The molecule has 10 nitrogen and oxygen atoms in total. The number of hydrogen-bond donors (Lipinski definition) is 1. The molecular formula is C31H30N8O2. The first-order chi connectivity index (χ1) is 20.1. The SMILES string of the molecule is CCCCc1nc2c(c(=O)n(-c3ccccc3)c(=O)n2CC)n1Cc1ccc(-c2ccccc2-c2nnn[nH]2)cc1. The third-order valence-corrected chi connectivity index (χ3v) is 7.33. The van der Waals surface area contributed by atoms with Crippen LogP contribution in [0.25, 0.3) is 39.4 Å². The second-order valence-electron chi connectivity index (χ2n) is 9.89. The van der Waals surface area contributed by atoms with Gasteiger partial charge in [-0.1, -0.05) is 80.1 Å². The van der Waals surface area contributed by atoms with Crippen molar-refractivity contribution in [3.8, 4) is 28.2 Å². The van der Waals surface area contributed by atoms with Gasteiger partial charge < -0.3 is 4.57 Å².